The number of hydrogen-bond donors (Lipinski definition) is 2. The van der Waals surface area contributed by atoms with Gasteiger partial charge in [-0.25, -0.2) is 0 Å². The standard InChI is InChI=1S/C25H39ClN4O3S/c1-25(2,3)24(34)30-10-6-16(7-11-30)14-29-9-8-20(22(15-29)33-5)28-23(31)17-12-18(26)19(27)13-21(17)32-4/h12-13,16,20,22H,6-11,14-15,27H2,1-5H3,(H,28,31). The summed E-state index contributed by atoms with van der Waals surface area (Å²) in [5.74, 6) is 0.827. The van der Waals surface area contributed by atoms with E-state index in [1.54, 1.807) is 19.2 Å². The molecular formula is C25H39ClN4O3S. The van der Waals surface area contributed by atoms with E-state index in [1.165, 1.54) is 7.11 Å². The molecular weight excluding hydrogens is 472 g/mol. The molecule has 0 spiro atoms. The van der Waals surface area contributed by atoms with Crippen LogP contribution in [0, 0.1) is 11.3 Å². The van der Waals surface area contributed by atoms with Crippen molar-refractivity contribution in [3.8, 4) is 5.75 Å². The lowest BCUT2D eigenvalue weighted by atomic mass is 9.91. The number of nitrogens with one attached hydrogen (secondary N) is 1. The number of halogens is 1. The Morgan fingerprint density at radius 1 is 1.21 bits per heavy atom. The maximum Gasteiger partial charge on any atom is 0.255 e. The van der Waals surface area contributed by atoms with E-state index < -0.39 is 0 Å². The topological polar surface area (TPSA) is 80.1 Å². The number of anilines is 1. The molecule has 0 bridgehead atoms. The second kappa shape index (κ2) is 11.4. The van der Waals surface area contributed by atoms with Crippen LogP contribution < -0.4 is 15.8 Å². The van der Waals surface area contributed by atoms with Crippen molar-refractivity contribution in [2.24, 2.45) is 11.3 Å². The maximum atomic E-state index is 13.0. The molecule has 2 saturated heterocycles. The van der Waals surface area contributed by atoms with E-state index in [0.29, 0.717) is 27.9 Å². The Hall–Kier alpha value is -1.61. The van der Waals surface area contributed by atoms with Crippen molar-refractivity contribution in [1.29, 1.82) is 0 Å². The first-order chi connectivity index (χ1) is 16.0. The van der Waals surface area contributed by atoms with Gasteiger partial charge in [-0.15, -0.1) is 0 Å². The number of nitrogen functional groups attached to an aromatic ring is 1. The molecule has 3 rings (SSSR count). The van der Waals surface area contributed by atoms with Gasteiger partial charge in [-0.1, -0.05) is 44.6 Å². The average Bonchev–Trinajstić information content (AvgIpc) is 2.80. The molecule has 1 aromatic carbocycles. The van der Waals surface area contributed by atoms with Gasteiger partial charge in [-0.05, 0) is 31.2 Å². The predicted molar refractivity (Wildman–Crippen MR) is 142 cm³/mol. The highest BCUT2D eigenvalue weighted by Gasteiger charge is 2.33. The number of thiocarbonyl (C=S) groups is 1. The highest BCUT2D eigenvalue weighted by Crippen LogP contribution is 2.30. The average molecular weight is 511 g/mol. The number of ether oxygens (including phenoxy) is 2. The lowest BCUT2D eigenvalue weighted by molar-refractivity contribution is -0.000341. The fourth-order valence-corrected chi connectivity index (χ4v) is 5.22. The van der Waals surface area contributed by atoms with Crippen LogP contribution >= 0.6 is 23.8 Å². The van der Waals surface area contributed by atoms with Crippen molar-refractivity contribution in [3.63, 3.8) is 0 Å². The molecule has 2 unspecified atom stereocenters. The number of nitrogens with zero attached hydrogens (tertiary/aromatic N) is 2. The van der Waals surface area contributed by atoms with Crippen molar-refractivity contribution in [2.45, 2.75) is 52.2 Å². The van der Waals surface area contributed by atoms with Gasteiger partial charge in [0.1, 0.15) is 5.75 Å². The summed E-state index contributed by atoms with van der Waals surface area (Å²) in [6.45, 7) is 11.4. The predicted octanol–water partition coefficient (Wildman–Crippen LogP) is 3.84. The molecule has 2 aliphatic heterocycles. The number of likely N-dealkylation sites (tertiary alicyclic amines) is 2. The van der Waals surface area contributed by atoms with E-state index in [4.69, 9.17) is 39.0 Å². The van der Waals surface area contributed by atoms with Gasteiger partial charge in [0.05, 0.1) is 40.5 Å². The van der Waals surface area contributed by atoms with Crippen molar-refractivity contribution < 1.29 is 14.3 Å². The van der Waals surface area contributed by atoms with Gasteiger partial charge in [0.15, 0.2) is 0 Å². The summed E-state index contributed by atoms with van der Waals surface area (Å²) < 4.78 is 11.1. The summed E-state index contributed by atoms with van der Waals surface area (Å²) >= 11 is 11.8. The highest BCUT2D eigenvalue weighted by molar-refractivity contribution is 7.80. The normalized spacial score (nSPS) is 22.5. The molecule has 1 amide bonds. The van der Waals surface area contributed by atoms with Gasteiger partial charge in [0.25, 0.3) is 5.91 Å². The van der Waals surface area contributed by atoms with Crippen LogP contribution in [0.5, 0.6) is 5.75 Å². The molecule has 2 fully saturated rings. The van der Waals surface area contributed by atoms with Crippen LogP contribution in [-0.4, -0.2) is 79.8 Å². The monoisotopic (exact) mass is 510 g/mol. The second-order valence-electron chi connectivity index (χ2n) is 10.5. The largest absolute Gasteiger partial charge is 0.496 e. The molecule has 2 aliphatic rings. The number of methoxy groups -OCH3 is 2. The molecule has 34 heavy (non-hydrogen) atoms. The van der Waals surface area contributed by atoms with E-state index in [2.05, 4.69) is 35.9 Å². The van der Waals surface area contributed by atoms with E-state index >= 15 is 0 Å². The molecule has 7 nitrogen and oxygen atoms in total. The summed E-state index contributed by atoms with van der Waals surface area (Å²) in [5.41, 5.74) is 6.64. The van der Waals surface area contributed by atoms with Crippen molar-refractivity contribution in [3.05, 3.63) is 22.7 Å². The Kier molecular flexibility index (Phi) is 9.06. The van der Waals surface area contributed by atoms with Gasteiger partial charge in [0, 0.05) is 51.3 Å². The summed E-state index contributed by atoms with van der Waals surface area (Å²) in [7, 11) is 3.22. The van der Waals surface area contributed by atoms with Gasteiger partial charge in [-0.2, -0.15) is 0 Å². The second-order valence-corrected chi connectivity index (χ2v) is 11.3. The molecule has 0 aliphatic carbocycles. The van der Waals surface area contributed by atoms with Crippen molar-refractivity contribution >= 4 is 40.4 Å². The van der Waals surface area contributed by atoms with Crippen LogP contribution in [0.3, 0.4) is 0 Å². The number of nitrogens with two attached hydrogens (primary N) is 1. The fourth-order valence-electron chi connectivity index (χ4n) is 4.87. The van der Waals surface area contributed by atoms with Gasteiger partial charge in [0.2, 0.25) is 0 Å². The number of amides is 1. The molecule has 0 saturated carbocycles. The SMILES string of the molecule is COc1cc(N)c(Cl)cc1C(=O)NC1CCN(CC2CCN(C(=S)C(C)(C)C)CC2)CC1OC. The third kappa shape index (κ3) is 6.53. The molecule has 0 radical (unpaired) electrons. The smallest absolute Gasteiger partial charge is 0.255 e. The quantitative estimate of drug-likeness (QED) is 0.444. The minimum Gasteiger partial charge on any atom is -0.496 e. The number of piperidine rings is 2. The summed E-state index contributed by atoms with van der Waals surface area (Å²) in [6.07, 6.45) is 3.05. The maximum absolute atomic E-state index is 13.0. The zero-order chi connectivity index (χ0) is 25.0. The Morgan fingerprint density at radius 3 is 2.47 bits per heavy atom. The lowest BCUT2D eigenvalue weighted by Gasteiger charge is -2.42. The lowest BCUT2D eigenvalue weighted by Crippen LogP contribution is -2.55. The number of rotatable bonds is 6. The van der Waals surface area contributed by atoms with Crippen LogP contribution in [0.4, 0.5) is 5.69 Å². The van der Waals surface area contributed by atoms with E-state index in [9.17, 15) is 4.79 Å². The Balaban J connectivity index is 1.53. The van der Waals surface area contributed by atoms with Crippen LogP contribution in [0.15, 0.2) is 12.1 Å². The molecule has 9 heteroatoms. The summed E-state index contributed by atoms with van der Waals surface area (Å²) in [6, 6.07) is 3.05. The molecule has 2 heterocycles. The minimum absolute atomic E-state index is 0.0435. The molecule has 2 atom stereocenters. The summed E-state index contributed by atoms with van der Waals surface area (Å²) in [4.78, 5) is 18.9. The number of benzene rings is 1. The number of hydrogen-bond acceptors (Lipinski definition) is 6. The highest BCUT2D eigenvalue weighted by atomic mass is 35.5. The third-order valence-electron chi connectivity index (χ3n) is 6.89. The zero-order valence-corrected chi connectivity index (χ0v) is 22.6. The number of carbonyl (C=O) groups is 1. The van der Waals surface area contributed by atoms with Crippen LogP contribution in [0.2, 0.25) is 5.02 Å². The Bertz CT molecular complexity index is 884. The third-order valence-corrected chi connectivity index (χ3v) is 8.08. The molecule has 1 aromatic rings. The molecule has 190 valence electrons. The Morgan fingerprint density at radius 2 is 1.88 bits per heavy atom. The first-order valence-corrected chi connectivity index (χ1v) is 12.8. The van der Waals surface area contributed by atoms with Crippen molar-refractivity contribution in [1.82, 2.24) is 15.1 Å². The first-order valence-electron chi connectivity index (χ1n) is 12.0. The van der Waals surface area contributed by atoms with E-state index in [1.807, 2.05) is 0 Å². The van der Waals surface area contributed by atoms with Crippen LogP contribution in [0.25, 0.3) is 0 Å². The van der Waals surface area contributed by atoms with Gasteiger partial charge in [-0.3, -0.25) is 4.79 Å². The van der Waals surface area contributed by atoms with Crippen LogP contribution in [-0.2, 0) is 4.74 Å². The van der Waals surface area contributed by atoms with Gasteiger partial charge < -0.3 is 30.3 Å². The zero-order valence-electron chi connectivity index (χ0n) is 21.0. The fraction of sp³-hybridized carbons (Fsp3) is 0.680. The van der Waals surface area contributed by atoms with E-state index in [0.717, 1.165) is 57.0 Å². The minimum atomic E-state index is -0.235. The van der Waals surface area contributed by atoms with Crippen LogP contribution in [0.1, 0.15) is 50.4 Å². The first kappa shape index (κ1) is 27.0. The van der Waals surface area contributed by atoms with E-state index in [-0.39, 0.29) is 23.5 Å². The Labute approximate surface area is 214 Å². The number of carbonyl (C=O) groups excluding carboxylic acids is 1. The van der Waals surface area contributed by atoms with Crippen molar-refractivity contribution in [2.75, 3.05) is 52.7 Å². The van der Waals surface area contributed by atoms with Gasteiger partial charge >= 0.3 is 0 Å². The summed E-state index contributed by atoms with van der Waals surface area (Å²) in [5, 5.41) is 3.45. The molecule has 0 aromatic heterocycles. The molecule has 3 N–H and O–H groups in total.